The maximum absolute atomic E-state index is 10.9. The van der Waals surface area contributed by atoms with Crippen molar-refractivity contribution in [3.05, 3.63) is 0 Å². The van der Waals surface area contributed by atoms with Gasteiger partial charge in [0.25, 0.3) is 0 Å². The van der Waals surface area contributed by atoms with Gasteiger partial charge in [0, 0.05) is 13.1 Å². The first-order chi connectivity index (χ1) is 6.96. The minimum atomic E-state index is -0.887. The third kappa shape index (κ3) is 3.44. The molecule has 0 amide bonds. The summed E-state index contributed by atoms with van der Waals surface area (Å²) in [4.78, 5) is 12.7. The Morgan fingerprint density at radius 1 is 1.67 bits per heavy atom. The monoisotopic (exact) mass is 217 g/mol. The highest BCUT2D eigenvalue weighted by molar-refractivity contribution is 5.73. The van der Waals surface area contributed by atoms with E-state index in [0.717, 1.165) is 0 Å². The minimum Gasteiger partial charge on any atom is -0.480 e. The van der Waals surface area contributed by atoms with Crippen LogP contribution in [0, 0.1) is 0 Å². The molecular formula is C10H19NO4. The SMILES string of the molecule is CCC(C)(O)CN1CCOCC1C(=O)O. The number of aliphatic carboxylic acids is 1. The largest absolute Gasteiger partial charge is 0.480 e. The van der Waals surface area contributed by atoms with Crippen LogP contribution >= 0.6 is 0 Å². The van der Waals surface area contributed by atoms with Crippen LogP contribution in [0.4, 0.5) is 0 Å². The molecule has 5 nitrogen and oxygen atoms in total. The summed E-state index contributed by atoms with van der Waals surface area (Å²) in [6.07, 6.45) is 0.608. The number of rotatable bonds is 4. The number of morpholine rings is 1. The first kappa shape index (κ1) is 12.4. The van der Waals surface area contributed by atoms with Gasteiger partial charge in [-0.2, -0.15) is 0 Å². The number of nitrogens with zero attached hydrogens (tertiary/aromatic N) is 1. The summed E-state index contributed by atoms with van der Waals surface area (Å²) in [5.74, 6) is -0.887. The van der Waals surface area contributed by atoms with Gasteiger partial charge in [-0.1, -0.05) is 6.92 Å². The summed E-state index contributed by atoms with van der Waals surface area (Å²) in [5.41, 5.74) is -0.828. The highest BCUT2D eigenvalue weighted by Crippen LogP contribution is 2.15. The van der Waals surface area contributed by atoms with Gasteiger partial charge in [-0.25, -0.2) is 0 Å². The fourth-order valence-corrected chi connectivity index (χ4v) is 1.60. The van der Waals surface area contributed by atoms with Crippen LogP contribution in [0.3, 0.4) is 0 Å². The molecule has 0 radical (unpaired) electrons. The van der Waals surface area contributed by atoms with Crippen LogP contribution in [-0.4, -0.2) is 59.0 Å². The molecule has 0 aliphatic carbocycles. The number of carboxylic acids is 1. The van der Waals surface area contributed by atoms with Crippen molar-refractivity contribution in [3.63, 3.8) is 0 Å². The van der Waals surface area contributed by atoms with Crippen molar-refractivity contribution in [2.75, 3.05) is 26.3 Å². The highest BCUT2D eigenvalue weighted by atomic mass is 16.5. The predicted octanol–water partition coefficient (Wildman–Crippen LogP) is -0.0672. The van der Waals surface area contributed by atoms with Crippen molar-refractivity contribution in [3.8, 4) is 0 Å². The van der Waals surface area contributed by atoms with Crippen molar-refractivity contribution in [1.82, 2.24) is 4.90 Å². The summed E-state index contributed by atoms with van der Waals surface area (Å²) in [7, 11) is 0. The summed E-state index contributed by atoms with van der Waals surface area (Å²) in [5, 5.41) is 18.9. The van der Waals surface area contributed by atoms with E-state index < -0.39 is 17.6 Å². The number of carboxylic acid groups (broad SMARTS) is 1. The van der Waals surface area contributed by atoms with Gasteiger partial charge in [0.05, 0.1) is 18.8 Å². The van der Waals surface area contributed by atoms with Crippen molar-refractivity contribution < 1.29 is 19.7 Å². The van der Waals surface area contributed by atoms with E-state index in [4.69, 9.17) is 9.84 Å². The molecule has 1 saturated heterocycles. The number of hydrogen-bond acceptors (Lipinski definition) is 4. The lowest BCUT2D eigenvalue weighted by molar-refractivity contribution is -0.152. The molecule has 0 bridgehead atoms. The van der Waals surface area contributed by atoms with E-state index in [2.05, 4.69) is 0 Å². The van der Waals surface area contributed by atoms with Gasteiger partial charge in [0.1, 0.15) is 6.04 Å². The Labute approximate surface area is 89.6 Å². The van der Waals surface area contributed by atoms with Gasteiger partial charge in [-0.3, -0.25) is 9.69 Å². The third-order valence-electron chi connectivity index (χ3n) is 2.83. The zero-order valence-corrected chi connectivity index (χ0v) is 9.27. The van der Waals surface area contributed by atoms with Crippen molar-refractivity contribution in [2.24, 2.45) is 0 Å². The first-order valence-electron chi connectivity index (χ1n) is 5.23. The number of ether oxygens (including phenoxy) is 1. The molecule has 0 aromatic carbocycles. The van der Waals surface area contributed by atoms with Crippen molar-refractivity contribution in [1.29, 1.82) is 0 Å². The molecule has 1 rings (SSSR count). The van der Waals surface area contributed by atoms with Crippen molar-refractivity contribution in [2.45, 2.75) is 31.9 Å². The number of carbonyl (C=O) groups is 1. The maximum Gasteiger partial charge on any atom is 0.323 e. The van der Waals surface area contributed by atoms with Gasteiger partial charge >= 0.3 is 5.97 Å². The number of hydrogen-bond donors (Lipinski definition) is 2. The highest BCUT2D eigenvalue weighted by Gasteiger charge is 2.33. The Bertz CT molecular complexity index is 229. The zero-order chi connectivity index (χ0) is 11.5. The summed E-state index contributed by atoms with van der Waals surface area (Å²) in [6.45, 7) is 5.28. The van der Waals surface area contributed by atoms with Crippen molar-refractivity contribution >= 4 is 5.97 Å². The van der Waals surface area contributed by atoms with Gasteiger partial charge in [0.2, 0.25) is 0 Å². The average Bonchev–Trinajstić information content (AvgIpc) is 2.18. The normalized spacial score (nSPS) is 27.3. The van der Waals surface area contributed by atoms with Crippen LogP contribution < -0.4 is 0 Å². The lowest BCUT2D eigenvalue weighted by Crippen LogP contribution is -2.54. The Balaban J connectivity index is 2.61. The molecule has 0 aromatic heterocycles. The fraction of sp³-hybridized carbons (Fsp3) is 0.900. The van der Waals surface area contributed by atoms with E-state index in [0.29, 0.717) is 26.1 Å². The second-order valence-corrected chi connectivity index (χ2v) is 4.25. The topological polar surface area (TPSA) is 70.0 Å². The second-order valence-electron chi connectivity index (χ2n) is 4.25. The van der Waals surface area contributed by atoms with E-state index in [1.165, 1.54) is 0 Å². The van der Waals surface area contributed by atoms with Crippen LogP contribution in [0.25, 0.3) is 0 Å². The third-order valence-corrected chi connectivity index (χ3v) is 2.83. The number of β-amino-alcohol motifs (C(OH)–C–C–N with tert-alkyl or cyclic N) is 1. The average molecular weight is 217 g/mol. The van der Waals surface area contributed by atoms with E-state index in [1.807, 2.05) is 6.92 Å². The molecular weight excluding hydrogens is 198 g/mol. The summed E-state index contributed by atoms with van der Waals surface area (Å²) in [6, 6.07) is -0.628. The molecule has 1 aliphatic heterocycles. The lowest BCUT2D eigenvalue weighted by Gasteiger charge is -2.37. The Morgan fingerprint density at radius 3 is 2.87 bits per heavy atom. The Morgan fingerprint density at radius 2 is 2.33 bits per heavy atom. The first-order valence-corrected chi connectivity index (χ1v) is 5.23. The lowest BCUT2D eigenvalue weighted by atomic mass is 10.0. The maximum atomic E-state index is 10.9. The van der Waals surface area contributed by atoms with E-state index in [-0.39, 0.29) is 6.61 Å². The van der Waals surface area contributed by atoms with Crippen LogP contribution in [0.1, 0.15) is 20.3 Å². The zero-order valence-electron chi connectivity index (χ0n) is 9.27. The predicted molar refractivity (Wildman–Crippen MR) is 54.7 cm³/mol. The molecule has 0 saturated carbocycles. The van der Waals surface area contributed by atoms with E-state index >= 15 is 0 Å². The van der Waals surface area contributed by atoms with E-state index in [9.17, 15) is 9.90 Å². The molecule has 1 aliphatic rings. The minimum absolute atomic E-state index is 0.203. The Hall–Kier alpha value is -0.650. The molecule has 2 N–H and O–H groups in total. The summed E-state index contributed by atoms with van der Waals surface area (Å²) < 4.78 is 5.12. The fourth-order valence-electron chi connectivity index (χ4n) is 1.60. The molecule has 1 fully saturated rings. The molecule has 5 heteroatoms. The molecule has 15 heavy (non-hydrogen) atoms. The van der Waals surface area contributed by atoms with Gasteiger partial charge in [0.15, 0.2) is 0 Å². The van der Waals surface area contributed by atoms with Gasteiger partial charge in [-0.05, 0) is 13.3 Å². The quantitative estimate of drug-likeness (QED) is 0.690. The van der Waals surface area contributed by atoms with Crippen LogP contribution in [0.15, 0.2) is 0 Å². The molecule has 0 aromatic rings. The smallest absolute Gasteiger partial charge is 0.323 e. The van der Waals surface area contributed by atoms with Crippen LogP contribution in [0.2, 0.25) is 0 Å². The standard InChI is InChI=1S/C10H19NO4/c1-3-10(2,14)7-11-4-5-15-6-8(11)9(12)13/h8,14H,3-7H2,1-2H3,(H,12,13). The van der Waals surface area contributed by atoms with Crippen LogP contribution in [0.5, 0.6) is 0 Å². The molecule has 88 valence electrons. The van der Waals surface area contributed by atoms with E-state index in [1.54, 1.807) is 11.8 Å². The Kier molecular flexibility index (Phi) is 4.07. The second kappa shape index (κ2) is 4.92. The van der Waals surface area contributed by atoms with Gasteiger partial charge < -0.3 is 14.9 Å². The molecule has 0 spiro atoms. The molecule has 2 unspecified atom stereocenters. The summed E-state index contributed by atoms with van der Waals surface area (Å²) >= 11 is 0. The molecule has 2 atom stereocenters. The number of aliphatic hydroxyl groups is 1. The van der Waals surface area contributed by atoms with Gasteiger partial charge in [-0.15, -0.1) is 0 Å². The van der Waals surface area contributed by atoms with Crippen LogP contribution in [-0.2, 0) is 9.53 Å². The molecule has 1 heterocycles.